The first-order chi connectivity index (χ1) is 16.2. The monoisotopic (exact) mass is 482 g/mol. The lowest BCUT2D eigenvalue weighted by Gasteiger charge is -2.30. The minimum Gasteiger partial charge on any atom is -0.481 e. The fraction of sp³-hybridized carbons (Fsp3) is 0.700. The zero-order valence-corrected chi connectivity index (χ0v) is 18.7. The van der Waals surface area contributed by atoms with Crippen LogP contribution in [-0.4, -0.2) is 81.4 Å². The topological polar surface area (TPSA) is 218 Å². The van der Waals surface area contributed by atoms with E-state index in [4.69, 9.17) is 39.8 Å². The van der Waals surface area contributed by atoms with E-state index in [-0.39, 0.29) is 65.6 Å². The van der Waals surface area contributed by atoms with Crippen LogP contribution in [0.15, 0.2) is 5.18 Å². The molecule has 0 aliphatic heterocycles. The van der Waals surface area contributed by atoms with Gasteiger partial charge in [-0.15, -0.1) is 0 Å². The largest absolute Gasteiger partial charge is 0.481 e. The van der Waals surface area contributed by atoms with Crippen molar-refractivity contribution in [1.29, 1.82) is 15.8 Å². The van der Waals surface area contributed by atoms with Gasteiger partial charge in [0.15, 0.2) is 0 Å². The van der Waals surface area contributed by atoms with Gasteiger partial charge in [-0.05, 0) is 6.92 Å². The molecule has 0 aromatic rings. The van der Waals surface area contributed by atoms with Crippen LogP contribution in [0.5, 0.6) is 0 Å². The summed E-state index contributed by atoms with van der Waals surface area (Å²) in [7, 11) is 0. The highest BCUT2D eigenvalue weighted by atomic mass is 16.6. The Morgan fingerprint density at radius 2 is 1.32 bits per heavy atom. The number of ether oxygens (including phenoxy) is 5. The predicted octanol–water partition coefficient (Wildman–Crippen LogP) is 0.460. The molecule has 0 saturated carbocycles. The molecule has 0 bridgehead atoms. The van der Waals surface area contributed by atoms with E-state index in [0.29, 0.717) is 0 Å². The van der Waals surface area contributed by atoms with E-state index < -0.39 is 35.3 Å². The van der Waals surface area contributed by atoms with Crippen molar-refractivity contribution in [1.82, 2.24) is 0 Å². The number of nitroso groups, excluding NO2 is 1. The normalized spacial score (nSPS) is 12.3. The van der Waals surface area contributed by atoms with E-state index in [1.165, 1.54) is 18.2 Å². The fourth-order valence-corrected chi connectivity index (χ4v) is 2.33. The SMILES string of the molecule is CCOC(=O)CCOCC(CN=O)(COCCC(=O)O)COCCC(=O)OC(C#N)(C#N)C#N. The molecule has 0 aromatic carbocycles. The molecule has 34 heavy (non-hydrogen) atoms. The molecule has 0 spiro atoms. The fourth-order valence-electron chi connectivity index (χ4n) is 2.33. The Balaban J connectivity index is 4.96. The summed E-state index contributed by atoms with van der Waals surface area (Å²) in [5, 5.41) is 38.1. The van der Waals surface area contributed by atoms with Gasteiger partial charge >= 0.3 is 23.5 Å². The Morgan fingerprint density at radius 1 is 0.853 bits per heavy atom. The molecule has 0 aromatic heterocycles. The van der Waals surface area contributed by atoms with Crippen molar-refractivity contribution in [3.63, 3.8) is 0 Å². The lowest BCUT2D eigenvalue weighted by atomic mass is 9.91. The number of carboxylic acid groups (broad SMARTS) is 1. The van der Waals surface area contributed by atoms with Crippen LogP contribution in [0.2, 0.25) is 0 Å². The summed E-state index contributed by atoms with van der Waals surface area (Å²) >= 11 is 0. The second-order valence-electron chi connectivity index (χ2n) is 6.88. The second-order valence-corrected chi connectivity index (χ2v) is 6.88. The molecule has 1 atom stereocenters. The summed E-state index contributed by atoms with van der Waals surface area (Å²) < 4.78 is 25.6. The molecule has 0 saturated heterocycles. The summed E-state index contributed by atoms with van der Waals surface area (Å²) in [6.45, 7) is 0.555. The van der Waals surface area contributed by atoms with Crippen LogP contribution in [0.25, 0.3) is 0 Å². The van der Waals surface area contributed by atoms with E-state index in [9.17, 15) is 19.3 Å². The van der Waals surface area contributed by atoms with Crippen LogP contribution in [0.3, 0.4) is 0 Å². The molecule has 14 heteroatoms. The Hall–Kier alpha value is -3.64. The van der Waals surface area contributed by atoms with Gasteiger partial charge in [-0.2, -0.15) is 20.7 Å². The van der Waals surface area contributed by atoms with E-state index in [1.54, 1.807) is 6.92 Å². The van der Waals surface area contributed by atoms with Crippen LogP contribution < -0.4 is 0 Å². The predicted molar refractivity (Wildman–Crippen MR) is 109 cm³/mol. The lowest BCUT2D eigenvalue weighted by molar-refractivity contribution is -0.149. The number of hydrogen-bond donors (Lipinski definition) is 1. The first-order valence-corrected chi connectivity index (χ1v) is 10.1. The number of rotatable bonds is 19. The zero-order chi connectivity index (χ0) is 25.9. The van der Waals surface area contributed by atoms with E-state index in [1.807, 2.05) is 0 Å². The summed E-state index contributed by atoms with van der Waals surface area (Å²) in [6, 6.07) is 3.89. The molecule has 0 aliphatic rings. The highest BCUT2D eigenvalue weighted by Crippen LogP contribution is 2.21. The number of hydrogen-bond acceptors (Lipinski definition) is 13. The third kappa shape index (κ3) is 12.4. The average molecular weight is 482 g/mol. The molecule has 0 rings (SSSR count). The lowest BCUT2D eigenvalue weighted by Crippen LogP contribution is -2.41. The molecule has 0 fully saturated rings. The van der Waals surface area contributed by atoms with Crippen molar-refractivity contribution in [2.24, 2.45) is 10.6 Å². The Bertz CT molecular complexity index is 778. The van der Waals surface area contributed by atoms with E-state index in [0.717, 1.165) is 0 Å². The smallest absolute Gasteiger partial charge is 0.369 e. The van der Waals surface area contributed by atoms with Crippen LogP contribution in [0.1, 0.15) is 26.2 Å². The van der Waals surface area contributed by atoms with Crippen LogP contribution in [0.4, 0.5) is 0 Å². The van der Waals surface area contributed by atoms with E-state index in [2.05, 4.69) is 9.91 Å². The van der Waals surface area contributed by atoms with Gasteiger partial charge in [-0.3, -0.25) is 14.4 Å². The molecule has 186 valence electrons. The number of nitrogens with zero attached hydrogens (tertiary/aromatic N) is 4. The van der Waals surface area contributed by atoms with Crippen molar-refractivity contribution >= 4 is 17.9 Å². The maximum absolute atomic E-state index is 11.8. The number of esters is 2. The van der Waals surface area contributed by atoms with E-state index >= 15 is 0 Å². The van der Waals surface area contributed by atoms with Gasteiger partial charge in [0.05, 0.1) is 77.5 Å². The quantitative estimate of drug-likeness (QED) is 0.150. The zero-order valence-electron chi connectivity index (χ0n) is 18.7. The van der Waals surface area contributed by atoms with Gasteiger partial charge < -0.3 is 28.8 Å². The summed E-state index contributed by atoms with van der Waals surface area (Å²) in [5.41, 5.74) is -3.72. The molecule has 0 radical (unpaired) electrons. The molecule has 1 N–H and O–H groups in total. The number of carbonyl (C=O) groups excluding carboxylic acids is 2. The number of carbonyl (C=O) groups is 3. The Morgan fingerprint density at radius 3 is 1.74 bits per heavy atom. The van der Waals surface area contributed by atoms with Gasteiger partial charge in [-0.1, -0.05) is 5.18 Å². The van der Waals surface area contributed by atoms with Crippen molar-refractivity contribution < 1.29 is 43.2 Å². The van der Waals surface area contributed by atoms with Crippen molar-refractivity contribution in [2.45, 2.75) is 31.8 Å². The molecule has 0 amide bonds. The first-order valence-electron chi connectivity index (χ1n) is 10.1. The highest BCUT2D eigenvalue weighted by Gasteiger charge is 2.35. The third-order valence-electron chi connectivity index (χ3n) is 4.03. The molecule has 0 heterocycles. The van der Waals surface area contributed by atoms with Crippen molar-refractivity contribution in [2.75, 3.05) is 52.8 Å². The molecular formula is C20H26N4O10. The molecule has 0 aliphatic carbocycles. The number of carboxylic acids is 1. The standard InChI is InChI=1S/C20H26N4O10/c1-2-33-17(27)4-7-31-14-19(12-24-29,13-30-6-3-16(25)26)15-32-8-5-18(28)34-20(9-21,10-22)11-23/h2-8,12-15H2,1H3,(H,25,26). The van der Waals surface area contributed by atoms with Gasteiger partial charge in [0.2, 0.25) is 0 Å². The first kappa shape index (κ1) is 30.4. The highest BCUT2D eigenvalue weighted by molar-refractivity contribution is 5.71. The summed E-state index contributed by atoms with van der Waals surface area (Å²) in [5.74, 6) is -2.59. The second kappa shape index (κ2) is 16.9. The number of nitriles is 3. The third-order valence-corrected chi connectivity index (χ3v) is 4.03. The molecule has 14 nitrogen and oxygen atoms in total. The summed E-state index contributed by atoms with van der Waals surface area (Å²) in [6.07, 6.45) is -0.732. The van der Waals surface area contributed by atoms with Crippen LogP contribution >= 0.6 is 0 Å². The number of aliphatic carboxylic acids is 1. The van der Waals surface area contributed by atoms with Gasteiger partial charge in [-0.25, -0.2) is 0 Å². The average Bonchev–Trinajstić information content (AvgIpc) is 2.81. The van der Waals surface area contributed by atoms with Gasteiger partial charge in [0.1, 0.15) is 18.2 Å². The van der Waals surface area contributed by atoms with Gasteiger partial charge in [0.25, 0.3) is 0 Å². The van der Waals surface area contributed by atoms with Crippen LogP contribution in [-0.2, 0) is 38.1 Å². The van der Waals surface area contributed by atoms with Crippen molar-refractivity contribution in [3.05, 3.63) is 4.91 Å². The van der Waals surface area contributed by atoms with Crippen molar-refractivity contribution in [3.8, 4) is 18.2 Å². The minimum absolute atomic E-state index is 0.0283. The molecular weight excluding hydrogens is 456 g/mol. The maximum Gasteiger partial charge on any atom is 0.369 e. The van der Waals surface area contributed by atoms with Crippen LogP contribution in [0, 0.1) is 44.3 Å². The Labute approximate surface area is 195 Å². The Kier molecular flexibility index (Phi) is 15.1. The summed E-state index contributed by atoms with van der Waals surface area (Å²) in [4.78, 5) is 44.9. The minimum atomic E-state index is -2.56. The molecule has 1 unspecified atom stereocenters. The maximum atomic E-state index is 11.8. The van der Waals surface area contributed by atoms with Gasteiger partial charge in [0, 0.05) is 0 Å².